The van der Waals surface area contributed by atoms with Crippen LogP contribution in [0.15, 0.2) is 24.3 Å². The molecular weight excluding hydrogens is 258 g/mol. The van der Waals surface area contributed by atoms with Gasteiger partial charge in [0.05, 0.1) is 11.6 Å². The average molecular weight is 289 g/mol. The van der Waals surface area contributed by atoms with Gasteiger partial charge in [0.1, 0.15) is 0 Å². The molecule has 2 rings (SSSR count). The Bertz CT molecular complexity index is 416. The molecule has 1 fully saturated rings. The van der Waals surface area contributed by atoms with E-state index in [1.807, 2.05) is 0 Å². The molecule has 0 amide bonds. The van der Waals surface area contributed by atoms with Crippen LogP contribution in [0.3, 0.4) is 0 Å². The highest BCUT2D eigenvalue weighted by molar-refractivity contribution is 5.27. The van der Waals surface area contributed by atoms with Crippen LogP contribution in [0, 0.1) is 0 Å². The van der Waals surface area contributed by atoms with Crippen LogP contribution in [-0.4, -0.2) is 28.6 Å². The molecule has 1 aromatic rings. The van der Waals surface area contributed by atoms with E-state index in [1.165, 1.54) is 24.8 Å². The quantitative estimate of drug-likeness (QED) is 0.807. The fraction of sp³-hybridized carbons (Fsp3) is 0.684. The van der Waals surface area contributed by atoms with Crippen LogP contribution in [0.25, 0.3) is 0 Å². The van der Waals surface area contributed by atoms with E-state index in [2.05, 4.69) is 49.9 Å². The second-order valence-electron chi connectivity index (χ2n) is 6.38. The summed E-state index contributed by atoms with van der Waals surface area (Å²) in [5, 5.41) is 11.1. The van der Waals surface area contributed by atoms with E-state index in [-0.39, 0.29) is 11.6 Å². The first kappa shape index (κ1) is 16.5. The van der Waals surface area contributed by atoms with Crippen molar-refractivity contribution in [3.63, 3.8) is 0 Å². The van der Waals surface area contributed by atoms with Gasteiger partial charge in [0, 0.05) is 0 Å². The van der Waals surface area contributed by atoms with Crippen molar-refractivity contribution < 1.29 is 5.11 Å². The van der Waals surface area contributed by atoms with Gasteiger partial charge in [-0.05, 0) is 43.5 Å². The van der Waals surface area contributed by atoms with Crippen LogP contribution in [0.5, 0.6) is 0 Å². The molecule has 0 aliphatic heterocycles. The predicted molar refractivity (Wildman–Crippen MR) is 89.5 cm³/mol. The summed E-state index contributed by atoms with van der Waals surface area (Å²) in [4.78, 5) is 2.48. The zero-order valence-corrected chi connectivity index (χ0v) is 13.9. The monoisotopic (exact) mass is 289 g/mol. The molecule has 1 atom stereocenters. The summed E-state index contributed by atoms with van der Waals surface area (Å²) < 4.78 is 0. The minimum atomic E-state index is -0.365. The number of aliphatic hydroxyl groups excluding tert-OH is 1. The standard InChI is InChI=1S/C19H31NO/c1-4-9-16-10-12-17(13-11-16)18(21)19(14-7-8-15-19)20(5-2)6-3/h10-13,18,21H,4-9,14-15H2,1-3H3. The zero-order chi connectivity index (χ0) is 15.3. The molecule has 1 aliphatic carbocycles. The molecule has 0 spiro atoms. The van der Waals surface area contributed by atoms with Crippen molar-refractivity contribution in [1.82, 2.24) is 4.90 Å². The second kappa shape index (κ2) is 7.42. The minimum Gasteiger partial charge on any atom is -0.386 e. The number of likely N-dealkylation sites (N-methyl/N-ethyl adjacent to an activating group) is 1. The first-order valence-corrected chi connectivity index (χ1v) is 8.69. The van der Waals surface area contributed by atoms with Crippen LogP contribution in [0.4, 0.5) is 0 Å². The van der Waals surface area contributed by atoms with Crippen molar-refractivity contribution in [1.29, 1.82) is 0 Å². The first-order chi connectivity index (χ1) is 10.2. The lowest BCUT2D eigenvalue weighted by atomic mass is 9.83. The smallest absolute Gasteiger partial charge is 0.0973 e. The molecule has 21 heavy (non-hydrogen) atoms. The van der Waals surface area contributed by atoms with E-state index in [1.54, 1.807) is 0 Å². The maximum Gasteiger partial charge on any atom is 0.0973 e. The number of nitrogens with zero attached hydrogens (tertiary/aromatic N) is 1. The Morgan fingerprint density at radius 3 is 2.10 bits per heavy atom. The third-order valence-electron chi connectivity index (χ3n) is 5.21. The van der Waals surface area contributed by atoms with Gasteiger partial charge in [0.2, 0.25) is 0 Å². The highest BCUT2D eigenvalue weighted by atomic mass is 16.3. The summed E-state index contributed by atoms with van der Waals surface area (Å²) in [6.45, 7) is 8.65. The Morgan fingerprint density at radius 2 is 1.62 bits per heavy atom. The lowest BCUT2D eigenvalue weighted by molar-refractivity contribution is -0.0268. The summed E-state index contributed by atoms with van der Waals surface area (Å²) >= 11 is 0. The molecule has 1 aliphatic rings. The van der Waals surface area contributed by atoms with E-state index in [0.29, 0.717) is 0 Å². The highest BCUT2D eigenvalue weighted by Gasteiger charge is 2.44. The molecule has 2 nitrogen and oxygen atoms in total. The normalized spacial score (nSPS) is 19.1. The number of benzene rings is 1. The SMILES string of the molecule is CCCc1ccc(C(O)C2(N(CC)CC)CCCC2)cc1. The Morgan fingerprint density at radius 1 is 1.05 bits per heavy atom. The number of rotatable bonds is 7. The Balaban J connectivity index is 2.23. The van der Waals surface area contributed by atoms with Crippen molar-refractivity contribution in [2.45, 2.75) is 70.9 Å². The van der Waals surface area contributed by atoms with Crippen molar-refractivity contribution in [3.05, 3.63) is 35.4 Å². The number of aliphatic hydroxyl groups is 1. The third kappa shape index (κ3) is 3.32. The third-order valence-corrected chi connectivity index (χ3v) is 5.21. The van der Waals surface area contributed by atoms with Gasteiger partial charge < -0.3 is 5.11 Å². The predicted octanol–water partition coefficient (Wildman–Crippen LogP) is 4.33. The van der Waals surface area contributed by atoms with Crippen molar-refractivity contribution >= 4 is 0 Å². The van der Waals surface area contributed by atoms with Gasteiger partial charge in [-0.25, -0.2) is 0 Å². The maximum absolute atomic E-state index is 11.1. The molecular formula is C19H31NO. The van der Waals surface area contributed by atoms with E-state index in [9.17, 15) is 5.11 Å². The average Bonchev–Trinajstić information content (AvgIpc) is 3.00. The van der Waals surface area contributed by atoms with Crippen LogP contribution in [-0.2, 0) is 6.42 Å². The van der Waals surface area contributed by atoms with E-state index in [4.69, 9.17) is 0 Å². The second-order valence-corrected chi connectivity index (χ2v) is 6.38. The molecule has 0 aromatic heterocycles. The topological polar surface area (TPSA) is 23.5 Å². The Kier molecular flexibility index (Phi) is 5.83. The van der Waals surface area contributed by atoms with E-state index >= 15 is 0 Å². The highest BCUT2D eigenvalue weighted by Crippen LogP contribution is 2.44. The van der Waals surface area contributed by atoms with Gasteiger partial charge in [-0.1, -0.05) is 64.3 Å². The molecule has 1 unspecified atom stereocenters. The van der Waals surface area contributed by atoms with Crippen LogP contribution >= 0.6 is 0 Å². The molecule has 0 saturated heterocycles. The van der Waals surface area contributed by atoms with E-state index in [0.717, 1.165) is 37.9 Å². The van der Waals surface area contributed by atoms with Crippen molar-refractivity contribution in [2.75, 3.05) is 13.1 Å². The van der Waals surface area contributed by atoms with Gasteiger partial charge in [-0.3, -0.25) is 4.90 Å². The van der Waals surface area contributed by atoms with Gasteiger partial charge in [-0.2, -0.15) is 0 Å². The molecule has 1 aromatic carbocycles. The molecule has 0 bridgehead atoms. The largest absolute Gasteiger partial charge is 0.386 e. The lowest BCUT2D eigenvalue weighted by Crippen LogP contribution is -2.51. The Labute approximate surface area is 130 Å². The van der Waals surface area contributed by atoms with Crippen molar-refractivity contribution in [2.24, 2.45) is 0 Å². The van der Waals surface area contributed by atoms with Crippen molar-refractivity contribution in [3.8, 4) is 0 Å². The van der Waals surface area contributed by atoms with Gasteiger partial charge in [0.25, 0.3) is 0 Å². The fourth-order valence-electron chi connectivity index (χ4n) is 4.07. The Hall–Kier alpha value is -0.860. The number of aryl methyl sites for hydroxylation is 1. The number of hydrogen-bond donors (Lipinski definition) is 1. The minimum absolute atomic E-state index is 0.0459. The molecule has 2 heteroatoms. The summed E-state index contributed by atoms with van der Waals surface area (Å²) in [5.74, 6) is 0. The van der Waals surface area contributed by atoms with Crippen LogP contribution in [0.1, 0.15) is 70.1 Å². The molecule has 1 saturated carbocycles. The van der Waals surface area contributed by atoms with E-state index < -0.39 is 0 Å². The number of hydrogen-bond acceptors (Lipinski definition) is 2. The maximum atomic E-state index is 11.1. The summed E-state index contributed by atoms with van der Waals surface area (Å²) in [7, 11) is 0. The fourth-order valence-corrected chi connectivity index (χ4v) is 4.07. The molecule has 0 radical (unpaired) electrons. The van der Waals surface area contributed by atoms with Gasteiger partial charge >= 0.3 is 0 Å². The van der Waals surface area contributed by atoms with Gasteiger partial charge in [0.15, 0.2) is 0 Å². The summed E-state index contributed by atoms with van der Waals surface area (Å²) in [5.41, 5.74) is 2.41. The molecule has 1 N–H and O–H groups in total. The first-order valence-electron chi connectivity index (χ1n) is 8.69. The van der Waals surface area contributed by atoms with Crippen LogP contribution < -0.4 is 0 Å². The van der Waals surface area contributed by atoms with Crippen LogP contribution in [0.2, 0.25) is 0 Å². The molecule has 118 valence electrons. The summed E-state index contributed by atoms with van der Waals surface area (Å²) in [6.07, 6.45) is 6.64. The molecule has 0 heterocycles. The van der Waals surface area contributed by atoms with Gasteiger partial charge in [-0.15, -0.1) is 0 Å². The lowest BCUT2D eigenvalue weighted by Gasteiger charge is -2.44. The zero-order valence-electron chi connectivity index (χ0n) is 13.9. The summed E-state index contributed by atoms with van der Waals surface area (Å²) in [6, 6.07) is 8.65.